The van der Waals surface area contributed by atoms with Gasteiger partial charge in [-0.25, -0.2) is 0 Å². The summed E-state index contributed by atoms with van der Waals surface area (Å²) in [6.45, 7) is 0. The largest absolute Gasteiger partial charge is 0.480 e. The standard InChI is InChI=1S/C6H11NO5/c7-6(5(11)12)1-2(8)3(9)4(6)10/h2-4,8-10H,1,7H2,(H,11,12). The van der Waals surface area contributed by atoms with Gasteiger partial charge in [-0.1, -0.05) is 0 Å². The first-order chi connectivity index (χ1) is 5.39. The summed E-state index contributed by atoms with van der Waals surface area (Å²) in [5, 5.41) is 35.7. The quantitative estimate of drug-likeness (QED) is 0.296. The minimum atomic E-state index is -1.93. The van der Waals surface area contributed by atoms with Crippen LogP contribution in [-0.4, -0.2) is 50.2 Å². The number of aliphatic carboxylic acids is 1. The van der Waals surface area contributed by atoms with E-state index in [1.165, 1.54) is 0 Å². The van der Waals surface area contributed by atoms with Crippen LogP contribution in [0.2, 0.25) is 0 Å². The maximum absolute atomic E-state index is 10.5. The number of hydrogen-bond acceptors (Lipinski definition) is 5. The SMILES string of the molecule is NC1(C(=O)O)CC(O)C(O)C1O. The van der Waals surface area contributed by atoms with E-state index < -0.39 is 29.8 Å². The lowest BCUT2D eigenvalue weighted by Gasteiger charge is -2.22. The lowest BCUT2D eigenvalue weighted by Crippen LogP contribution is -2.56. The van der Waals surface area contributed by atoms with Crippen molar-refractivity contribution < 1.29 is 25.2 Å². The fourth-order valence-electron chi connectivity index (χ4n) is 1.32. The van der Waals surface area contributed by atoms with Crippen molar-refractivity contribution in [2.75, 3.05) is 0 Å². The minimum absolute atomic E-state index is 0.343. The van der Waals surface area contributed by atoms with Gasteiger partial charge in [0.25, 0.3) is 0 Å². The summed E-state index contributed by atoms with van der Waals surface area (Å²) in [6.07, 6.45) is -4.72. The molecule has 6 nitrogen and oxygen atoms in total. The van der Waals surface area contributed by atoms with Gasteiger partial charge >= 0.3 is 5.97 Å². The van der Waals surface area contributed by atoms with Crippen molar-refractivity contribution in [3.8, 4) is 0 Å². The zero-order valence-electron chi connectivity index (χ0n) is 6.21. The Labute approximate surface area is 68.2 Å². The molecule has 0 saturated heterocycles. The number of carbonyl (C=O) groups is 1. The van der Waals surface area contributed by atoms with Crippen molar-refractivity contribution >= 4 is 5.97 Å². The van der Waals surface area contributed by atoms with Crippen LogP contribution >= 0.6 is 0 Å². The van der Waals surface area contributed by atoms with Gasteiger partial charge in [-0.05, 0) is 0 Å². The van der Waals surface area contributed by atoms with E-state index in [4.69, 9.17) is 26.2 Å². The van der Waals surface area contributed by atoms with Crippen LogP contribution in [0, 0.1) is 0 Å². The van der Waals surface area contributed by atoms with Crippen LogP contribution in [0.25, 0.3) is 0 Å². The number of carboxylic acid groups (broad SMARTS) is 1. The van der Waals surface area contributed by atoms with E-state index in [0.29, 0.717) is 0 Å². The topological polar surface area (TPSA) is 124 Å². The Morgan fingerprint density at radius 2 is 1.92 bits per heavy atom. The second-order valence-corrected chi connectivity index (χ2v) is 3.05. The third-order valence-corrected chi connectivity index (χ3v) is 2.19. The van der Waals surface area contributed by atoms with E-state index in [9.17, 15) is 4.79 Å². The summed E-state index contributed by atoms with van der Waals surface area (Å²) in [5.41, 5.74) is 3.32. The monoisotopic (exact) mass is 177 g/mol. The molecule has 0 heterocycles. The van der Waals surface area contributed by atoms with E-state index in [1.54, 1.807) is 0 Å². The van der Waals surface area contributed by atoms with E-state index in [0.717, 1.165) is 0 Å². The number of aliphatic hydroxyl groups excluding tert-OH is 3. The Morgan fingerprint density at radius 3 is 2.08 bits per heavy atom. The lowest BCUT2D eigenvalue weighted by atomic mass is 9.97. The molecule has 6 N–H and O–H groups in total. The molecule has 0 aromatic rings. The second-order valence-electron chi connectivity index (χ2n) is 3.05. The van der Waals surface area contributed by atoms with Crippen molar-refractivity contribution in [2.24, 2.45) is 5.73 Å². The highest BCUT2D eigenvalue weighted by Crippen LogP contribution is 2.28. The molecule has 4 atom stereocenters. The first kappa shape index (κ1) is 9.40. The smallest absolute Gasteiger partial charge is 0.326 e. The van der Waals surface area contributed by atoms with Crippen molar-refractivity contribution in [3.63, 3.8) is 0 Å². The number of carboxylic acids is 1. The van der Waals surface area contributed by atoms with Gasteiger partial charge in [0.15, 0.2) is 0 Å². The molecule has 0 aromatic heterocycles. The van der Waals surface area contributed by atoms with Crippen LogP contribution in [0.5, 0.6) is 0 Å². The molecule has 4 unspecified atom stereocenters. The normalized spacial score (nSPS) is 47.8. The first-order valence-corrected chi connectivity index (χ1v) is 3.46. The van der Waals surface area contributed by atoms with Crippen LogP contribution in [0.4, 0.5) is 0 Å². The van der Waals surface area contributed by atoms with Crippen molar-refractivity contribution in [1.82, 2.24) is 0 Å². The summed E-state index contributed by atoms with van der Waals surface area (Å²) >= 11 is 0. The highest BCUT2D eigenvalue weighted by Gasteiger charge is 2.54. The zero-order chi connectivity index (χ0) is 9.52. The van der Waals surface area contributed by atoms with Crippen LogP contribution in [0.1, 0.15) is 6.42 Å². The van der Waals surface area contributed by atoms with Gasteiger partial charge in [0, 0.05) is 6.42 Å². The summed E-state index contributed by atoms with van der Waals surface area (Å²) in [7, 11) is 0. The summed E-state index contributed by atoms with van der Waals surface area (Å²) in [6, 6.07) is 0. The molecule has 1 aliphatic carbocycles. The molecule has 0 aromatic carbocycles. The molecule has 1 rings (SSSR count). The molecule has 0 radical (unpaired) electrons. The van der Waals surface area contributed by atoms with Crippen LogP contribution in [0.3, 0.4) is 0 Å². The van der Waals surface area contributed by atoms with E-state index in [1.807, 2.05) is 0 Å². The van der Waals surface area contributed by atoms with Crippen molar-refractivity contribution in [1.29, 1.82) is 0 Å². The van der Waals surface area contributed by atoms with Gasteiger partial charge in [0.05, 0.1) is 6.10 Å². The van der Waals surface area contributed by atoms with Crippen molar-refractivity contribution in [3.05, 3.63) is 0 Å². The Bertz CT molecular complexity index is 208. The maximum Gasteiger partial charge on any atom is 0.326 e. The first-order valence-electron chi connectivity index (χ1n) is 3.46. The van der Waals surface area contributed by atoms with E-state index in [2.05, 4.69) is 0 Å². The fourth-order valence-corrected chi connectivity index (χ4v) is 1.32. The predicted molar refractivity (Wildman–Crippen MR) is 37.2 cm³/mol. The number of nitrogens with two attached hydrogens (primary N) is 1. The molecule has 6 heteroatoms. The van der Waals surface area contributed by atoms with Gasteiger partial charge in [0.2, 0.25) is 0 Å². The molecule has 1 aliphatic rings. The Balaban J connectivity index is 2.89. The highest BCUT2D eigenvalue weighted by molar-refractivity contribution is 5.80. The second kappa shape index (κ2) is 2.67. The van der Waals surface area contributed by atoms with Gasteiger partial charge in [0.1, 0.15) is 17.7 Å². The molecule has 0 spiro atoms. The van der Waals surface area contributed by atoms with Crippen molar-refractivity contribution in [2.45, 2.75) is 30.3 Å². The minimum Gasteiger partial charge on any atom is -0.480 e. The van der Waals surface area contributed by atoms with Crippen LogP contribution in [0.15, 0.2) is 0 Å². The zero-order valence-corrected chi connectivity index (χ0v) is 6.21. The number of rotatable bonds is 1. The van der Waals surface area contributed by atoms with E-state index >= 15 is 0 Å². The lowest BCUT2D eigenvalue weighted by molar-refractivity contribution is -0.148. The third kappa shape index (κ3) is 1.09. The van der Waals surface area contributed by atoms with Crippen LogP contribution in [-0.2, 0) is 4.79 Å². The third-order valence-electron chi connectivity index (χ3n) is 2.19. The molecule has 1 saturated carbocycles. The van der Waals surface area contributed by atoms with Gasteiger partial charge in [-0.3, -0.25) is 4.79 Å². The van der Waals surface area contributed by atoms with Crippen LogP contribution < -0.4 is 5.73 Å². The average Bonchev–Trinajstić information content (AvgIpc) is 2.17. The molecule has 12 heavy (non-hydrogen) atoms. The Kier molecular flexibility index (Phi) is 2.09. The summed E-state index contributed by atoms with van der Waals surface area (Å²) < 4.78 is 0. The van der Waals surface area contributed by atoms with Gasteiger partial charge in [-0.2, -0.15) is 0 Å². The molecular formula is C6H11NO5. The summed E-state index contributed by atoms with van der Waals surface area (Å²) in [5.74, 6) is -1.43. The molecule has 1 fully saturated rings. The van der Waals surface area contributed by atoms with Gasteiger partial charge < -0.3 is 26.2 Å². The molecule has 0 aliphatic heterocycles. The number of aliphatic hydroxyl groups is 3. The van der Waals surface area contributed by atoms with Gasteiger partial charge in [-0.15, -0.1) is 0 Å². The molecule has 70 valence electrons. The maximum atomic E-state index is 10.5. The predicted octanol–water partition coefficient (Wildman–Crippen LogP) is -2.75. The summed E-state index contributed by atoms with van der Waals surface area (Å²) in [4.78, 5) is 10.5. The highest BCUT2D eigenvalue weighted by atomic mass is 16.4. The number of hydrogen-bond donors (Lipinski definition) is 5. The average molecular weight is 177 g/mol. The Hall–Kier alpha value is -0.690. The Morgan fingerprint density at radius 1 is 1.42 bits per heavy atom. The molecular weight excluding hydrogens is 166 g/mol. The fraction of sp³-hybridized carbons (Fsp3) is 0.833. The van der Waals surface area contributed by atoms with E-state index in [-0.39, 0.29) is 6.42 Å². The molecule has 0 bridgehead atoms. The molecule has 0 amide bonds.